The molecule has 2 nitrogen and oxygen atoms in total. The van der Waals surface area contributed by atoms with Gasteiger partial charge in [-0.05, 0) is 32.6 Å². The Morgan fingerprint density at radius 2 is 2.13 bits per heavy atom. The van der Waals surface area contributed by atoms with Crippen molar-refractivity contribution in [2.24, 2.45) is 0 Å². The van der Waals surface area contributed by atoms with Crippen molar-refractivity contribution in [1.29, 1.82) is 5.26 Å². The third kappa shape index (κ3) is 4.05. The van der Waals surface area contributed by atoms with Gasteiger partial charge in [0.25, 0.3) is 0 Å². The van der Waals surface area contributed by atoms with Crippen LogP contribution in [-0.4, -0.2) is 11.6 Å². The van der Waals surface area contributed by atoms with Crippen LogP contribution in [0.25, 0.3) is 0 Å². The van der Waals surface area contributed by atoms with E-state index in [1.807, 2.05) is 13.0 Å². The second-order valence-corrected chi connectivity index (χ2v) is 4.75. The molecule has 0 radical (unpaired) electrons. The fourth-order valence-corrected chi connectivity index (χ4v) is 2.25. The van der Waals surface area contributed by atoms with Crippen molar-refractivity contribution >= 4 is 0 Å². The summed E-state index contributed by atoms with van der Waals surface area (Å²) in [4.78, 5) is 0. The number of allylic oxidation sites excluding steroid dienone is 1. The Morgan fingerprint density at radius 1 is 1.47 bits per heavy atom. The molecule has 0 heterocycles. The average molecular weight is 206 g/mol. The first-order valence-electron chi connectivity index (χ1n) is 6.00. The van der Waals surface area contributed by atoms with Gasteiger partial charge in [-0.2, -0.15) is 5.26 Å². The molecule has 1 saturated carbocycles. The van der Waals surface area contributed by atoms with Gasteiger partial charge in [0.2, 0.25) is 0 Å². The molecule has 1 aliphatic rings. The fraction of sp³-hybridized carbons (Fsp3) is 0.769. The van der Waals surface area contributed by atoms with E-state index in [-0.39, 0.29) is 5.54 Å². The number of hydrogen-bond donors (Lipinski definition) is 1. The van der Waals surface area contributed by atoms with Gasteiger partial charge < -0.3 is 0 Å². The Morgan fingerprint density at radius 3 is 2.67 bits per heavy atom. The predicted molar refractivity (Wildman–Crippen MR) is 63.5 cm³/mol. The Labute approximate surface area is 93.4 Å². The van der Waals surface area contributed by atoms with Crippen molar-refractivity contribution in [3.63, 3.8) is 0 Å². The van der Waals surface area contributed by atoms with Crippen LogP contribution in [0.2, 0.25) is 0 Å². The molecule has 1 aliphatic carbocycles. The molecule has 0 aromatic carbocycles. The molecule has 0 aromatic rings. The first-order chi connectivity index (χ1) is 7.20. The molecular weight excluding hydrogens is 184 g/mol. The van der Waals surface area contributed by atoms with Crippen molar-refractivity contribution in [1.82, 2.24) is 5.32 Å². The second-order valence-electron chi connectivity index (χ2n) is 4.75. The highest BCUT2D eigenvalue weighted by atomic mass is 15.0. The Balaban J connectivity index is 2.43. The van der Waals surface area contributed by atoms with E-state index in [0.717, 1.165) is 12.8 Å². The summed E-state index contributed by atoms with van der Waals surface area (Å²) in [5.41, 5.74) is -0.365. The minimum atomic E-state index is -0.365. The number of nitrogens with one attached hydrogen (secondary N) is 1. The fourth-order valence-electron chi connectivity index (χ4n) is 2.25. The van der Waals surface area contributed by atoms with E-state index >= 15 is 0 Å². The molecule has 84 valence electrons. The van der Waals surface area contributed by atoms with E-state index < -0.39 is 0 Å². The van der Waals surface area contributed by atoms with Crippen molar-refractivity contribution in [3.8, 4) is 6.07 Å². The van der Waals surface area contributed by atoms with Gasteiger partial charge in [0.15, 0.2) is 0 Å². The van der Waals surface area contributed by atoms with Crippen LogP contribution in [-0.2, 0) is 0 Å². The lowest BCUT2D eigenvalue weighted by Crippen LogP contribution is -2.47. The smallest absolute Gasteiger partial charge is 0.104 e. The van der Waals surface area contributed by atoms with Gasteiger partial charge in [-0.1, -0.05) is 25.3 Å². The molecule has 0 spiro atoms. The van der Waals surface area contributed by atoms with Gasteiger partial charge >= 0.3 is 0 Å². The monoisotopic (exact) mass is 206 g/mol. The van der Waals surface area contributed by atoms with E-state index in [4.69, 9.17) is 0 Å². The maximum Gasteiger partial charge on any atom is 0.104 e. The summed E-state index contributed by atoms with van der Waals surface area (Å²) in [5.74, 6) is 0. The minimum Gasteiger partial charge on any atom is -0.297 e. The summed E-state index contributed by atoms with van der Waals surface area (Å²) in [5, 5.41) is 12.7. The summed E-state index contributed by atoms with van der Waals surface area (Å²) in [7, 11) is 0. The standard InChI is InChI=1S/C13H22N2/c1-3-4-10-13(2,11-14)15-12-8-6-5-7-9-12/h3,12,15H,1,4-10H2,2H3. The van der Waals surface area contributed by atoms with Crippen LogP contribution >= 0.6 is 0 Å². The molecule has 1 unspecified atom stereocenters. The first-order valence-corrected chi connectivity index (χ1v) is 6.00. The van der Waals surface area contributed by atoms with Crippen LogP contribution in [0.4, 0.5) is 0 Å². The van der Waals surface area contributed by atoms with Crippen LogP contribution in [0.1, 0.15) is 51.9 Å². The lowest BCUT2D eigenvalue weighted by Gasteiger charge is -2.31. The molecular formula is C13H22N2. The van der Waals surface area contributed by atoms with Crippen molar-refractivity contribution in [2.45, 2.75) is 63.5 Å². The number of rotatable bonds is 5. The Kier molecular flexibility index (Phi) is 4.84. The van der Waals surface area contributed by atoms with Crippen molar-refractivity contribution in [3.05, 3.63) is 12.7 Å². The predicted octanol–water partition coefficient (Wildman–Crippen LogP) is 3.16. The van der Waals surface area contributed by atoms with Crippen LogP contribution < -0.4 is 5.32 Å². The Bertz CT molecular complexity index is 235. The topological polar surface area (TPSA) is 35.8 Å². The summed E-state index contributed by atoms with van der Waals surface area (Å²) in [6.45, 7) is 5.71. The molecule has 1 fully saturated rings. The van der Waals surface area contributed by atoms with Crippen LogP contribution in [0, 0.1) is 11.3 Å². The molecule has 0 saturated heterocycles. The highest BCUT2D eigenvalue weighted by Crippen LogP contribution is 2.21. The lowest BCUT2D eigenvalue weighted by atomic mass is 9.90. The molecule has 0 aromatic heterocycles. The summed E-state index contributed by atoms with van der Waals surface area (Å²) in [6, 6.07) is 2.95. The highest BCUT2D eigenvalue weighted by Gasteiger charge is 2.26. The molecule has 1 rings (SSSR count). The molecule has 1 atom stereocenters. The second kappa shape index (κ2) is 5.92. The van der Waals surface area contributed by atoms with E-state index in [2.05, 4.69) is 18.0 Å². The highest BCUT2D eigenvalue weighted by molar-refractivity contribution is 5.06. The van der Waals surface area contributed by atoms with Gasteiger partial charge in [0.1, 0.15) is 5.54 Å². The van der Waals surface area contributed by atoms with E-state index in [1.54, 1.807) is 0 Å². The summed E-state index contributed by atoms with van der Waals surface area (Å²) >= 11 is 0. The van der Waals surface area contributed by atoms with Gasteiger partial charge in [0.05, 0.1) is 6.07 Å². The van der Waals surface area contributed by atoms with Crippen molar-refractivity contribution in [2.75, 3.05) is 0 Å². The first kappa shape index (κ1) is 12.3. The van der Waals surface area contributed by atoms with E-state index in [9.17, 15) is 5.26 Å². The molecule has 1 N–H and O–H groups in total. The van der Waals surface area contributed by atoms with Crippen LogP contribution in [0.5, 0.6) is 0 Å². The van der Waals surface area contributed by atoms with Crippen molar-refractivity contribution < 1.29 is 0 Å². The lowest BCUT2D eigenvalue weighted by molar-refractivity contribution is 0.297. The number of hydrogen-bond acceptors (Lipinski definition) is 2. The minimum absolute atomic E-state index is 0.365. The Hall–Kier alpha value is -0.810. The van der Waals surface area contributed by atoms with E-state index in [0.29, 0.717) is 6.04 Å². The molecule has 15 heavy (non-hydrogen) atoms. The van der Waals surface area contributed by atoms with E-state index in [1.165, 1.54) is 32.1 Å². The quantitative estimate of drug-likeness (QED) is 0.701. The maximum atomic E-state index is 9.20. The molecule has 0 bridgehead atoms. The molecule has 2 heteroatoms. The van der Waals surface area contributed by atoms with Gasteiger partial charge in [0, 0.05) is 6.04 Å². The normalized spacial score (nSPS) is 21.6. The number of nitrogens with zero attached hydrogens (tertiary/aromatic N) is 1. The van der Waals surface area contributed by atoms with Gasteiger partial charge in [-0.25, -0.2) is 0 Å². The third-order valence-electron chi connectivity index (χ3n) is 3.22. The van der Waals surface area contributed by atoms with Gasteiger partial charge in [-0.3, -0.25) is 5.32 Å². The van der Waals surface area contributed by atoms with Gasteiger partial charge in [-0.15, -0.1) is 6.58 Å². The average Bonchev–Trinajstić information content (AvgIpc) is 2.28. The summed E-state index contributed by atoms with van der Waals surface area (Å²) < 4.78 is 0. The SMILES string of the molecule is C=CCCC(C)(C#N)NC1CCCCC1. The molecule has 0 aliphatic heterocycles. The maximum absolute atomic E-state index is 9.20. The van der Waals surface area contributed by atoms with Crippen LogP contribution in [0.3, 0.4) is 0 Å². The molecule has 0 amide bonds. The largest absolute Gasteiger partial charge is 0.297 e. The van der Waals surface area contributed by atoms with Crippen LogP contribution in [0.15, 0.2) is 12.7 Å². The zero-order valence-electron chi connectivity index (χ0n) is 9.76. The number of nitriles is 1. The summed E-state index contributed by atoms with van der Waals surface area (Å²) in [6.07, 6.45) is 10.1. The third-order valence-corrected chi connectivity index (χ3v) is 3.22. The zero-order valence-corrected chi connectivity index (χ0v) is 9.76. The zero-order chi connectivity index (χ0) is 11.1.